The number of hydrogen-bond donors (Lipinski definition) is 1. The molecule has 0 unspecified atom stereocenters. The van der Waals surface area contributed by atoms with E-state index in [-0.39, 0.29) is 35.5 Å². The molecule has 0 amide bonds. The molecule has 0 aliphatic heterocycles. The van der Waals surface area contributed by atoms with Crippen LogP contribution in [0.1, 0.15) is 5.89 Å². The second kappa shape index (κ2) is 7.63. The molecular formula is C17H16FN3O4S. The minimum atomic E-state index is -3.64. The van der Waals surface area contributed by atoms with Gasteiger partial charge in [0.1, 0.15) is 11.6 Å². The first-order valence-corrected chi connectivity index (χ1v) is 9.18. The van der Waals surface area contributed by atoms with Crippen LogP contribution in [0.4, 0.5) is 4.39 Å². The third-order valence-electron chi connectivity index (χ3n) is 3.56. The van der Waals surface area contributed by atoms with E-state index < -0.39 is 10.0 Å². The molecule has 3 rings (SSSR count). The van der Waals surface area contributed by atoms with E-state index in [9.17, 15) is 12.8 Å². The molecule has 1 heterocycles. The van der Waals surface area contributed by atoms with Gasteiger partial charge < -0.3 is 9.15 Å². The van der Waals surface area contributed by atoms with E-state index in [2.05, 4.69) is 14.9 Å². The van der Waals surface area contributed by atoms with Crippen molar-refractivity contribution in [1.29, 1.82) is 0 Å². The van der Waals surface area contributed by atoms with Crippen LogP contribution in [0.15, 0.2) is 57.8 Å². The van der Waals surface area contributed by atoms with Gasteiger partial charge in [-0.05, 0) is 48.5 Å². The van der Waals surface area contributed by atoms with Gasteiger partial charge in [0.15, 0.2) is 0 Å². The van der Waals surface area contributed by atoms with Crippen molar-refractivity contribution in [3.05, 3.63) is 60.2 Å². The molecule has 26 heavy (non-hydrogen) atoms. The summed E-state index contributed by atoms with van der Waals surface area (Å²) in [6, 6.07) is 11.7. The summed E-state index contributed by atoms with van der Waals surface area (Å²) >= 11 is 0. The monoisotopic (exact) mass is 377 g/mol. The third-order valence-corrected chi connectivity index (χ3v) is 5.04. The molecular weight excluding hydrogens is 361 g/mol. The Morgan fingerprint density at radius 3 is 2.42 bits per heavy atom. The zero-order valence-electron chi connectivity index (χ0n) is 13.8. The van der Waals surface area contributed by atoms with Gasteiger partial charge in [0.05, 0.1) is 12.0 Å². The summed E-state index contributed by atoms with van der Waals surface area (Å²) in [4.78, 5) is 0.135. The fourth-order valence-electron chi connectivity index (χ4n) is 2.19. The normalized spacial score (nSPS) is 11.5. The number of sulfonamides is 1. The molecule has 7 nitrogen and oxygen atoms in total. The Morgan fingerprint density at radius 1 is 1.08 bits per heavy atom. The standard InChI is InChI=1S/C17H16FN3O4S/c1-24-14-6-8-15(9-7-14)26(22,23)19-11-10-16-20-21-17(25-16)12-2-4-13(18)5-3-12/h2-9,19H,10-11H2,1H3. The highest BCUT2D eigenvalue weighted by atomic mass is 32.2. The first-order chi connectivity index (χ1) is 12.5. The summed E-state index contributed by atoms with van der Waals surface area (Å²) in [5.41, 5.74) is 0.587. The second-order valence-electron chi connectivity index (χ2n) is 5.33. The quantitative estimate of drug-likeness (QED) is 0.679. The van der Waals surface area contributed by atoms with Crippen LogP contribution in [0.3, 0.4) is 0 Å². The molecule has 0 spiro atoms. The van der Waals surface area contributed by atoms with Crippen LogP contribution in [0, 0.1) is 5.82 Å². The molecule has 0 aliphatic rings. The van der Waals surface area contributed by atoms with Crippen molar-refractivity contribution in [2.75, 3.05) is 13.7 Å². The Morgan fingerprint density at radius 2 is 1.77 bits per heavy atom. The highest BCUT2D eigenvalue weighted by molar-refractivity contribution is 7.89. The van der Waals surface area contributed by atoms with Gasteiger partial charge in [-0.3, -0.25) is 0 Å². The van der Waals surface area contributed by atoms with Crippen LogP contribution < -0.4 is 9.46 Å². The van der Waals surface area contributed by atoms with Crippen LogP contribution in [0.2, 0.25) is 0 Å². The van der Waals surface area contributed by atoms with E-state index in [0.29, 0.717) is 11.3 Å². The number of halogens is 1. The summed E-state index contributed by atoms with van der Waals surface area (Å²) in [5.74, 6) is 0.740. The number of benzene rings is 2. The topological polar surface area (TPSA) is 94.3 Å². The average Bonchev–Trinajstić information content (AvgIpc) is 3.11. The summed E-state index contributed by atoms with van der Waals surface area (Å²) < 4.78 is 50.3. The molecule has 0 bridgehead atoms. The van der Waals surface area contributed by atoms with Crippen molar-refractivity contribution in [3.63, 3.8) is 0 Å². The van der Waals surface area contributed by atoms with Crippen molar-refractivity contribution in [2.24, 2.45) is 0 Å². The van der Waals surface area contributed by atoms with Crippen molar-refractivity contribution >= 4 is 10.0 Å². The molecule has 3 aromatic rings. The van der Waals surface area contributed by atoms with E-state index in [1.165, 1.54) is 43.5 Å². The zero-order valence-corrected chi connectivity index (χ0v) is 14.7. The Balaban J connectivity index is 1.60. The number of nitrogens with zero attached hydrogens (tertiary/aromatic N) is 2. The van der Waals surface area contributed by atoms with E-state index in [4.69, 9.17) is 9.15 Å². The SMILES string of the molecule is COc1ccc(S(=O)(=O)NCCc2nnc(-c3ccc(F)cc3)o2)cc1. The van der Waals surface area contributed by atoms with Gasteiger partial charge in [0.25, 0.3) is 0 Å². The predicted molar refractivity (Wildman–Crippen MR) is 91.6 cm³/mol. The van der Waals surface area contributed by atoms with E-state index in [0.717, 1.165) is 0 Å². The highest BCUT2D eigenvalue weighted by Gasteiger charge is 2.15. The van der Waals surface area contributed by atoms with Gasteiger partial charge >= 0.3 is 0 Å². The van der Waals surface area contributed by atoms with Crippen LogP contribution >= 0.6 is 0 Å². The molecule has 0 fully saturated rings. The molecule has 136 valence electrons. The van der Waals surface area contributed by atoms with E-state index in [1.54, 1.807) is 12.1 Å². The number of methoxy groups -OCH3 is 1. The summed E-state index contributed by atoms with van der Waals surface area (Å²) in [6.07, 6.45) is 0.226. The number of hydrogen-bond acceptors (Lipinski definition) is 6. The first-order valence-electron chi connectivity index (χ1n) is 7.70. The maximum absolute atomic E-state index is 12.9. The maximum atomic E-state index is 12.9. The smallest absolute Gasteiger partial charge is 0.247 e. The van der Waals surface area contributed by atoms with Crippen LogP contribution in [0.5, 0.6) is 5.75 Å². The lowest BCUT2D eigenvalue weighted by Crippen LogP contribution is -2.26. The minimum Gasteiger partial charge on any atom is -0.497 e. The summed E-state index contributed by atoms with van der Waals surface area (Å²) in [7, 11) is -2.14. The zero-order chi connectivity index (χ0) is 18.6. The Kier molecular flexibility index (Phi) is 5.29. The molecule has 0 saturated heterocycles. The lowest BCUT2D eigenvalue weighted by Gasteiger charge is -2.06. The lowest BCUT2D eigenvalue weighted by molar-refractivity contribution is 0.414. The number of rotatable bonds is 7. The van der Waals surface area contributed by atoms with Crippen molar-refractivity contribution < 1.29 is 22.0 Å². The van der Waals surface area contributed by atoms with Crippen LogP contribution in [0.25, 0.3) is 11.5 Å². The van der Waals surface area contributed by atoms with Gasteiger partial charge in [0, 0.05) is 18.5 Å². The van der Waals surface area contributed by atoms with Gasteiger partial charge in [0.2, 0.25) is 21.8 Å². The fraction of sp³-hybridized carbons (Fsp3) is 0.176. The summed E-state index contributed by atoms with van der Waals surface area (Å²) in [5, 5.41) is 7.75. The second-order valence-corrected chi connectivity index (χ2v) is 7.10. The molecule has 9 heteroatoms. The third kappa shape index (κ3) is 4.24. The molecule has 0 aliphatic carbocycles. The van der Waals surface area contributed by atoms with Gasteiger partial charge in [-0.25, -0.2) is 17.5 Å². The minimum absolute atomic E-state index is 0.0966. The molecule has 0 atom stereocenters. The summed E-state index contributed by atoms with van der Waals surface area (Å²) in [6.45, 7) is 0.0966. The number of ether oxygens (including phenoxy) is 1. The van der Waals surface area contributed by atoms with Gasteiger partial charge in [-0.1, -0.05) is 0 Å². The van der Waals surface area contributed by atoms with Crippen molar-refractivity contribution in [2.45, 2.75) is 11.3 Å². The Bertz CT molecular complexity index is 970. The van der Waals surface area contributed by atoms with Crippen LogP contribution in [-0.2, 0) is 16.4 Å². The van der Waals surface area contributed by atoms with Gasteiger partial charge in [-0.2, -0.15) is 0 Å². The molecule has 1 N–H and O–H groups in total. The van der Waals surface area contributed by atoms with Gasteiger partial charge in [-0.15, -0.1) is 10.2 Å². The predicted octanol–water partition coefficient (Wildman–Crippen LogP) is 2.41. The van der Waals surface area contributed by atoms with Crippen molar-refractivity contribution in [3.8, 4) is 17.2 Å². The molecule has 0 radical (unpaired) electrons. The Hall–Kier alpha value is -2.78. The fourth-order valence-corrected chi connectivity index (χ4v) is 3.23. The molecule has 0 saturated carbocycles. The highest BCUT2D eigenvalue weighted by Crippen LogP contribution is 2.18. The van der Waals surface area contributed by atoms with E-state index in [1.807, 2.05) is 0 Å². The maximum Gasteiger partial charge on any atom is 0.247 e. The largest absolute Gasteiger partial charge is 0.497 e. The number of nitrogens with one attached hydrogen (secondary N) is 1. The lowest BCUT2D eigenvalue weighted by atomic mass is 10.2. The van der Waals surface area contributed by atoms with Crippen LogP contribution in [-0.4, -0.2) is 32.3 Å². The van der Waals surface area contributed by atoms with Crippen molar-refractivity contribution in [1.82, 2.24) is 14.9 Å². The number of aromatic nitrogens is 2. The average molecular weight is 377 g/mol. The Labute approximate surface area is 149 Å². The molecule has 2 aromatic carbocycles. The van der Waals surface area contributed by atoms with E-state index >= 15 is 0 Å². The first kappa shape index (κ1) is 18.0. The molecule has 1 aromatic heterocycles.